The molecule has 0 saturated heterocycles. The molecule has 2 heterocycles. The van der Waals surface area contributed by atoms with Crippen LogP contribution in [0, 0.1) is 0 Å². The summed E-state index contributed by atoms with van der Waals surface area (Å²) in [6, 6.07) is 13.4. The third-order valence-corrected chi connectivity index (χ3v) is 5.78. The van der Waals surface area contributed by atoms with Crippen LogP contribution >= 0.6 is 11.3 Å². The lowest BCUT2D eigenvalue weighted by molar-refractivity contribution is -0.116. The number of hydrogen-bond acceptors (Lipinski definition) is 6. The predicted octanol–water partition coefficient (Wildman–Crippen LogP) is 4.21. The molecule has 1 N–H and O–H groups in total. The van der Waals surface area contributed by atoms with Gasteiger partial charge < -0.3 is 10.1 Å². The van der Waals surface area contributed by atoms with Crippen LogP contribution in [0.25, 0.3) is 21.0 Å². The molecule has 31 heavy (non-hydrogen) atoms. The summed E-state index contributed by atoms with van der Waals surface area (Å²) < 4.78 is 6.45. The number of thiophene rings is 1. The number of carbonyl (C=O) groups is 2. The summed E-state index contributed by atoms with van der Waals surface area (Å²) >= 11 is 1.20. The molecule has 0 unspecified atom stereocenters. The van der Waals surface area contributed by atoms with Crippen LogP contribution in [0.4, 0.5) is 5.69 Å². The molecule has 158 valence electrons. The van der Waals surface area contributed by atoms with Gasteiger partial charge in [0.05, 0.1) is 23.9 Å². The number of esters is 1. The lowest BCUT2D eigenvalue weighted by Crippen LogP contribution is -2.28. The van der Waals surface area contributed by atoms with Crippen molar-refractivity contribution >= 4 is 49.9 Å². The summed E-state index contributed by atoms with van der Waals surface area (Å²) in [7, 11) is 0. The molecule has 4 aromatic rings. The van der Waals surface area contributed by atoms with E-state index in [9.17, 15) is 14.4 Å². The maximum atomic E-state index is 13.0. The normalized spacial score (nSPS) is 11.0. The summed E-state index contributed by atoms with van der Waals surface area (Å²) in [4.78, 5) is 42.7. The Hall–Kier alpha value is -3.52. The van der Waals surface area contributed by atoms with Crippen molar-refractivity contribution in [2.75, 3.05) is 11.9 Å². The molecule has 0 radical (unpaired) electrons. The third kappa shape index (κ3) is 4.34. The Morgan fingerprint density at radius 2 is 1.97 bits per heavy atom. The highest BCUT2D eigenvalue weighted by Gasteiger charge is 2.19. The average molecular weight is 436 g/mol. The van der Waals surface area contributed by atoms with Crippen LogP contribution in [-0.4, -0.2) is 28.0 Å². The van der Waals surface area contributed by atoms with E-state index >= 15 is 0 Å². The number of carbonyl (C=O) groups excluding carboxylic acids is 2. The van der Waals surface area contributed by atoms with Crippen LogP contribution in [0.3, 0.4) is 0 Å². The second-order valence-electron chi connectivity index (χ2n) is 7.07. The molecule has 0 fully saturated rings. The molecule has 0 aliphatic carbocycles. The lowest BCUT2D eigenvalue weighted by atomic mass is 10.1. The molecule has 1 amide bonds. The van der Waals surface area contributed by atoms with Gasteiger partial charge in [-0.15, -0.1) is 11.3 Å². The van der Waals surface area contributed by atoms with Gasteiger partial charge in [0, 0.05) is 16.5 Å². The van der Waals surface area contributed by atoms with Crippen LogP contribution in [0.1, 0.15) is 30.1 Å². The molecule has 2 aromatic heterocycles. The second kappa shape index (κ2) is 9.09. The highest BCUT2D eigenvalue weighted by molar-refractivity contribution is 7.17. The summed E-state index contributed by atoms with van der Waals surface area (Å²) in [5.41, 5.74) is 0.417. The third-order valence-electron chi connectivity index (χ3n) is 4.89. The molecule has 0 saturated carbocycles. The standard InChI is InChI=1S/C23H21N3O4S/c1-2-3-11-30-23(29)17-13-31-21-20(17)22(28)26(14-24-21)12-19(27)25-18-10-6-8-15-7-4-5-9-16(15)18/h4-10,13-14H,2-3,11-12H2,1H3,(H,25,27). The van der Waals surface area contributed by atoms with Crippen LogP contribution in [0.5, 0.6) is 0 Å². The minimum absolute atomic E-state index is 0.187. The first-order valence-corrected chi connectivity index (χ1v) is 10.9. The number of aromatic nitrogens is 2. The fraction of sp³-hybridized carbons (Fsp3) is 0.217. The number of fused-ring (bicyclic) bond motifs is 2. The van der Waals surface area contributed by atoms with Crippen molar-refractivity contribution in [3.63, 3.8) is 0 Å². The van der Waals surface area contributed by atoms with E-state index in [4.69, 9.17) is 4.74 Å². The molecule has 4 rings (SSSR count). The molecule has 8 heteroatoms. The monoisotopic (exact) mass is 435 g/mol. The number of anilines is 1. The van der Waals surface area contributed by atoms with Gasteiger partial charge in [-0.3, -0.25) is 14.2 Å². The fourth-order valence-corrected chi connectivity index (χ4v) is 4.16. The van der Waals surface area contributed by atoms with E-state index in [1.807, 2.05) is 49.4 Å². The zero-order valence-corrected chi connectivity index (χ0v) is 17.8. The number of amides is 1. The Morgan fingerprint density at radius 1 is 1.16 bits per heavy atom. The zero-order valence-electron chi connectivity index (χ0n) is 17.0. The Balaban J connectivity index is 1.57. The molecule has 0 aliphatic heterocycles. The number of hydrogen-bond donors (Lipinski definition) is 1. The zero-order chi connectivity index (χ0) is 21.8. The summed E-state index contributed by atoms with van der Waals surface area (Å²) in [6.07, 6.45) is 2.98. The van der Waals surface area contributed by atoms with E-state index in [1.165, 1.54) is 22.2 Å². The van der Waals surface area contributed by atoms with Crippen LogP contribution in [-0.2, 0) is 16.1 Å². The van der Waals surface area contributed by atoms with Gasteiger partial charge in [-0.05, 0) is 17.9 Å². The minimum Gasteiger partial charge on any atom is -0.462 e. The van der Waals surface area contributed by atoms with Gasteiger partial charge in [-0.25, -0.2) is 9.78 Å². The van der Waals surface area contributed by atoms with Gasteiger partial charge in [-0.1, -0.05) is 49.7 Å². The molecule has 0 spiro atoms. The van der Waals surface area contributed by atoms with Gasteiger partial charge >= 0.3 is 5.97 Å². The van der Waals surface area contributed by atoms with Crippen molar-refractivity contribution in [2.24, 2.45) is 0 Å². The molecular formula is C23H21N3O4S. The quantitative estimate of drug-likeness (QED) is 0.347. The molecule has 2 aromatic carbocycles. The minimum atomic E-state index is -0.545. The first kappa shape index (κ1) is 20.7. The molecule has 0 aliphatic rings. The summed E-state index contributed by atoms with van der Waals surface area (Å²) in [5, 5.41) is 6.54. The predicted molar refractivity (Wildman–Crippen MR) is 122 cm³/mol. The lowest BCUT2D eigenvalue weighted by Gasteiger charge is -2.10. The van der Waals surface area contributed by atoms with Crippen LogP contribution in [0.15, 0.2) is 59.0 Å². The van der Waals surface area contributed by atoms with E-state index in [1.54, 1.807) is 5.38 Å². The van der Waals surface area contributed by atoms with Crippen molar-refractivity contribution in [1.29, 1.82) is 0 Å². The number of benzene rings is 2. The van der Waals surface area contributed by atoms with E-state index in [0.717, 1.165) is 23.6 Å². The number of ether oxygens (including phenoxy) is 1. The Morgan fingerprint density at radius 3 is 2.81 bits per heavy atom. The van der Waals surface area contributed by atoms with E-state index in [-0.39, 0.29) is 23.4 Å². The van der Waals surface area contributed by atoms with E-state index in [0.29, 0.717) is 17.1 Å². The van der Waals surface area contributed by atoms with E-state index < -0.39 is 11.5 Å². The van der Waals surface area contributed by atoms with Crippen molar-refractivity contribution in [1.82, 2.24) is 9.55 Å². The molecule has 0 bridgehead atoms. The topological polar surface area (TPSA) is 90.3 Å². The number of nitrogens with one attached hydrogen (secondary N) is 1. The van der Waals surface area contributed by atoms with Crippen LogP contribution < -0.4 is 10.9 Å². The van der Waals surface area contributed by atoms with Gasteiger partial charge in [0.25, 0.3) is 5.56 Å². The van der Waals surface area contributed by atoms with Crippen molar-refractivity contribution in [3.05, 3.63) is 70.1 Å². The van der Waals surface area contributed by atoms with Gasteiger partial charge in [0.1, 0.15) is 11.4 Å². The first-order valence-electron chi connectivity index (χ1n) is 10.00. The largest absolute Gasteiger partial charge is 0.462 e. The molecular weight excluding hydrogens is 414 g/mol. The van der Waals surface area contributed by atoms with Crippen molar-refractivity contribution in [2.45, 2.75) is 26.3 Å². The van der Waals surface area contributed by atoms with Crippen molar-refractivity contribution < 1.29 is 14.3 Å². The number of unbranched alkanes of at least 4 members (excludes halogenated alkanes) is 1. The smallest absolute Gasteiger partial charge is 0.339 e. The maximum absolute atomic E-state index is 13.0. The van der Waals surface area contributed by atoms with E-state index in [2.05, 4.69) is 10.3 Å². The summed E-state index contributed by atoms with van der Waals surface area (Å²) in [6.45, 7) is 2.08. The summed E-state index contributed by atoms with van der Waals surface area (Å²) in [5.74, 6) is -0.904. The Labute approximate surface area is 182 Å². The molecule has 7 nitrogen and oxygen atoms in total. The number of nitrogens with zero attached hydrogens (tertiary/aromatic N) is 2. The Bertz CT molecular complexity index is 1320. The Kier molecular flexibility index (Phi) is 6.08. The van der Waals surface area contributed by atoms with Crippen molar-refractivity contribution in [3.8, 4) is 0 Å². The van der Waals surface area contributed by atoms with Crippen LogP contribution in [0.2, 0.25) is 0 Å². The maximum Gasteiger partial charge on any atom is 0.339 e. The average Bonchev–Trinajstić information content (AvgIpc) is 3.21. The fourth-order valence-electron chi connectivity index (χ4n) is 3.30. The van der Waals surface area contributed by atoms with Gasteiger partial charge in [-0.2, -0.15) is 0 Å². The van der Waals surface area contributed by atoms with Gasteiger partial charge in [0.15, 0.2) is 0 Å². The molecule has 0 atom stereocenters. The SMILES string of the molecule is CCCCOC(=O)c1csc2ncn(CC(=O)Nc3cccc4ccccc34)c(=O)c12. The highest BCUT2D eigenvalue weighted by atomic mass is 32.1. The highest BCUT2D eigenvalue weighted by Crippen LogP contribution is 2.23. The second-order valence-corrected chi connectivity index (χ2v) is 7.93. The first-order chi connectivity index (χ1) is 15.1. The number of rotatable bonds is 7. The van der Waals surface area contributed by atoms with Gasteiger partial charge in [0.2, 0.25) is 5.91 Å².